The monoisotopic (exact) mass is 511 g/mol. The Morgan fingerprint density at radius 3 is 2.66 bits per heavy atom. The second-order valence-corrected chi connectivity index (χ2v) is 8.38. The lowest BCUT2D eigenvalue weighted by Gasteiger charge is -2.16. The van der Waals surface area contributed by atoms with Crippen molar-refractivity contribution < 1.29 is 23.4 Å². The van der Waals surface area contributed by atoms with E-state index in [4.69, 9.17) is 23.6 Å². The molecule has 0 N–H and O–H groups in total. The molecule has 192 valence electrons. The van der Waals surface area contributed by atoms with Crippen molar-refractivity contribution in [2.45, 2.75) is 20.0 Å². The number of carbonyl (C=O) groups is 1. The Morgan fingerprint density at radius 2 is 1.87 bits per heavy atom. The Morgan fingerprint density at radius 1 is 1.08 bits per heavy atom. The van der Waals surface area contributed by atoms with Crippen LogP contribution < -0.4 is 15.0 Å². The number of rotatable bonds is 8. The Bertz CT molecular complexity index is 1690. The van der Waals surface area contributed by atoms with Gasteiger partial charge in [0.2, 0.25) is 5.82 Å². The molecule has 5 aromatic rings. The third kappa shape index (κ3) is 4.86. The number of esters is 1. The second kappa shape index (κ2) is 10.6. The smallest absolute Gasteiger partial charge is 0.346 e. The molecule has 0 aliphatic carbocycles. The van der Waals surface area contributed by atoms with Gasteiger partial charge in [-0.2, -0.15) is 9.78 Å². The van der Waals surface area contributed by atoms with E-state index in [0.29, 0.717) is 45.9 Å². The highest BCUT2D eigenvalue weighted by molar-refractivity contribution is 5.85. The highest BCUT2D eigenvalue weighted by atomic mass is 16.6. The number of fused-ring (bicyclic) bond motifs is 2. The number of hydrogen-bond donors (Lipinski definition) is 0. The summed E-state index contributed by atoms with van der Waals surface area (Å²) < 4.78 is 23.4. The van der Waals surface area contributed by atoms with Gasteiger partial charge in [-0.05, 0) is 61.9 Å². The molecular weight excluding hydrogens is 486 g/mol. The summed E-state index contributed by atoms with van der Waals surface area (Å²) in [5.74, 6) is 1.00. The van der Waals surface area contributed by atoms with Crippen LogP contribution in [0.4, 0.5) is 0 Å². The summed E-state index contributed by atoms with van der Waals surface area (Å²) in [7, 11) is 1.30. The Hall–Kier alpha value is -4.92. The van der Waals surface area contributed by atoms with Crippen LogP contribution in [0.1, 0.15) is 19.4 Å². The van der Waals surface area contributed by atoms with Gasteiger partial charge in [-0.1, -0.05) is 30.3 Å². The summed E-state index contributed by atoms with van der Waals surface area (Å²) in [4.78, 5) is 30.0. The minimum absolute atomic E-state index is 0.276. The van der Waals surface area contributed by atoms with Crippen LogP contribution in [0.3, 0.4) is 0 Å². The summed E-state index contributed by atoms with van der Waals surface area (Å²) >= 11 is 0. The molecular formula is C29H25N3O6. The Kier molecular flexibility index (Phi) is 6.90. The highest BCUT2D eigenvalue weighted by Gasteiger charge is 2.18. The van der Waals surface area contributed by atoms with Crippen molar-refractivity contribution in [1.29, 1.82) is 0 Å². The topological polar surface area (TPSA) is 105 Å². The van der Waals surface area contributed by atoms with Crippen molar-refractivity contribution >= 4 is 34.1 Å². The van der Waals surface area contributed by atoms with Crippen LogP contribution >= 0.6 is 0 Å². The van der Waals surface area contributed by atoms with E-state index in [9.17, 15) is 9.59 Å². The van der Waals surface area contributed by atoms with Gasteiger partial charge in [-0.25, -0.2) is 9.78 Å². The number of para-hydroxylation sites is 2. The minimum atomic E-state index is -0.813. The molecule has 0 aliphatic heterocycles. The van der Waals surface area contributed by atoms with Gasteiger partial charge >= 0.3 is 5.97 Å². The predicted molar refractivity (Wildman–Crippen MR) is 144 cm³/mol. The van der Waals surface area contributed by atoms with Crippen LogP contribution in [0.25, 0.3) is 33.5 Å². The first-order valence-electron chi connectivity index (χ1n) is 12.0. The van der Waals surface area contributed by atoms with Gasteiger partial charge < -0.3 is 18.6 Å². The Balaban J connectivity index is 1.57. The number of benzene rings is 3. The van der Waals surface area contributed by atoms with Crippen LogP contribution in [0, 0.1) is 0 Å². The number of aromatic nitrogens is 2. The van der Waals surface area contributed by atoms with E-state index in [1.54, 1.807) is 43.3 Å². The first-order valence-corrected chi connectivity index (χ1v) is 12.0. The van der Waals surface area contributed by atoms with Crippen molar-refractivity contribution in [2.24, 2.45) is 5.10 Å². The van der Waals surface area contributed by atoms with E-state index < -0.39 is 12.1 Å². The maximum absolute atomic E-state index is 13.5. The number of hydrogen-bond acceptors (Lipinski definition) is 8. The largest absolute Gasteiger partial charge is 0.490 e. The van der Waals surface area contributed by atoms with Gasteiger partial charge in [0, 0.05) is 5.39 Å². The zero-order valence-electron chi connectivity index (χ0n) is 21.1. The number of furan rings is 1. The molecule has 0 fully saturated rings. The first-order chi connectivity index (χ1) is 18.5. The maximum Gasteiger partial charge on any atom is 0.346 e. The third-order valence-electron chi connectivity index (χ3n) is 5.83. The van der Waals surface area contributed by atoms with Crippen molar-refractivity contribution in [2.75, 3.05) is 13.7 Å². The molecule has 0 bridgehead atoms. The van der Waals surface area contributed by atoms with Crippen LogP contribution in [0.5, 0.6) is 11.5 Å². The molecule has 1 atom stereocenters. The van der Waals surface area contributed by atoms with Crippen molar-refractivity contribution in [3.8, 4) is 23.1 Å². The molecule has 0 saturated carbocycles. The highest BCUT2D eigenvalue weighted by Crippen LogP contribution is 2.30. The average Bonchev–Trinajstić information content (AvgIpc) is 3.37. The molecule has 3 aromatic carbocycles. The summed E-state index contributed by atoms with van der Waals surface area (Å²) in [5.41, 5.74) is 1.53. The molecule has 38 heavy (non-hydrogen) atoms. The Labute approximate surface area is 217 Å². The SMILES string of the molecule is CCOc1cc(C=Nn2c(-c3cc4ccccc4o3)nc3ccccc3c2=O)ccc1O[C@@H](C)C(=O)OC. The fraction of sp³-hybridized carbons (Fsp3) is 0.172. The van der Waals surface area contributed by atoms with Crippen LogP contribution in [0.2, 0.25) is 0 Å². The third-order valence-corrected chi connectivity index (χ3v) is 5.83. The van der Waals surface area contributed by atoms with E-state index >= 15 is 0 Å². The minimum Gasteiger partial charge on any atom is -0.490 e. The lowest BCUT2D eigenvalue weighted by atomic mass is 10.2. The summed E-state index contributed by atoms with van der Waals surface area (Å²) in [6, 6.07) is 21.6. The average molecular weight is 512 g/mol. The van der Waals surface area contributed by atoms with Crippen LogP contribution in [-0.2, 0) is 9.53 Å². The van der Waals surface area contributed by atoms with Gasteiger partial charge in [0.25, 0.3) is 5.56 Å². The van der Waals surface area contributed by atoms with E-state index in [1.165, 1.54) is 18.0 Å². The molecule has 2 aromatic heterocycles. The first kappa shape index (κ1) is 24.8. The molecule has 2 heterocycles. The fourth-order valence-corrected chi connectivity index (χ4v) is 3.98. The zero-order chi connectivity index (χ0) is 26.6. The van der Waals surface area contributed by atoms with Gasteiger partial charge in [-0.15, -0.1) is 0 Å². The van der Waals surface area contributed by atoms with Gasteiger partial charge in [0.15, 0.2) is 23.4 Å². The molecule has 0 amide bonds. The fourth-order valence-electron chi connectivity index (χ4n) is 3.98. The molecule has 0 saturated heterocycles. The lowest BCUT2D eigenvalue weighted by Crippen LogP contribution is -2.25. The number of nitrogens with zero attached hydrogens (tertiary/aromatic N) is 3. The van der Waals surface area contributed by atoms with E-state index in [-0.39, 0.29) is 11.4 Å². The van der Waals surface area contributed by atoms with Gasteiger partial charge in [0.05, 0.1) is 30.8 Å². The van der Waals surface area contributed by atoms with Crippen LogP contribution in [0.15, 0.2) is 87.1 Å². The van der Waals surface area contributed by atoms with Gasteiger partial charge in [-0.3, -0.25) is 4.79 Å². The normalized spacial score (nSPS) is 12.2. The van der Waals surface area contributed by atoms with Crippen molar-refractivity contribution in [3.63, 3.8) is 0 Å². The molecule has 0 aliphatic rings. The summed E-state index contributed by atoms with van der Waals surface area (Å²) in [5, 5.41) is 5.81. The molecule has 0 unspecified atom stereocenters. The lowest BCUT2D eigenvalue weighted by molar-refractivity contribution is -0.147. The number of carbonyl (C=O) groups excluding carboxylic acids is 1. The summed E-state index contributed by atoms with van der Waals surface area (Å²) in [6.45, 7) is 3.82. The van der Waals surface area contributed by atoms with E-state index in [1.807, 2.05) is 43.3 Å². The molecule has 9 heteroatoms. The molecule has 9 nitrogen and oxygen atoms in total. The molecule has 0 spiro atoms. The van der Waals surface area contributed by atoms with E-state index in [0.717, 1.165) is 5.39 Å². The van der Waals surface area contributed by atoms with Crippen molar-refractivity contribution in [3.05, 3.63) is 88.7 Å². The van der Waals surface area contributed by atoms with E-state index in [2.05, 4.69) is 5.10 Å². The standard InChI is InChI=1S/C29H25N3O6/c1-4-36-25-15-19(13-14-24(25)37-18(2)29(34)35-3)17-30-32-27(26-16-20-9-5-8-12-23(20)38-26)31-22-11-7-6-10-21(22)28(32)33/h5-18H,4H2,1-3H3/t18-/m0/s1. The van der Waals surface area contributed by atoms with Crippen LogP contribution in [-0.4, -0.2) is 41.7 Å². The molecule has 5 rings (SSSR count). The number of ether oxygens (including phenoxy) is 3. The van der Waals surface area contributed by atoms with Crippen molar-refractivity contribution in [1.82, 2.24) is 9.66 Å². The quantitative estimate of drug-likeness (QED) is 0.212. The molecule has 0 radical (unpaired) electrons. The summed E-state index contributed by atoms with van der Waals surface area (Å²) in [6.07, 6.45) is 0.715. The number of methoxy groups -OCH3 is 1. The predicted octanol–water partition coefficient (Wildman–Crippen LogP) is 5.03. The second-order valence-electron chi connectivity index (χ2n) is 8.38. The van der Waals surface area contributed by atoms with Gasteiger partial charge in [0.1, 0.15) is 5.58 Å². The zero-order valence-corrected chi connectivity index (χ0v) is 21.1. The maximum atomic E-state index is 13.5.